The van der Waals surface area contributed by atoms with Crippen molar-refractivity contribution >= 4 is 17.9 Å². The van der Waals surface area contributed by atoms with E-state index in [4.69, 9.17) is 19.8 Å². The van der Waals surface area contributed by atoms with E-state index in [2.05, 4.69) is 36.1 Å². The van der Waals surface area contributed by atoms with Gasteiger partial charge in [-0.2, -0.15) is 9.78 Å². The standard InChI is InChI=1S/C21H27N9O4/c1-32-16-9-7-8-14(18(16)33-2)12-23-25-21(31)17-15(13-29-10-5-3-4-6-11-29)30(28-24-17)20-19(22)26-34-27-20/h7-9,12H,3-6,10-11,13H2,1-2H3,(H2,22,26)(H,25,31). The summed E-state index contributed by atoms with van der Waals surface area (Å²) in [7, 11) is 3.08. The molecule has 1 aliphatic heterocycles. The summed E-state index contributed by atoms with van der Waals surface area (Å²) < 4.78 is 16.8. The zero-order valence-corrected chi connectivity index (χ0v) is 19.1. The highest BCUT2D eigenvalue weighted by atomic mass is 16.6. The predicted octanol–water partition coefficient (Wildman–Crippen LogP) is 1.39. The van der Waals surface area contributed by atoms with Crippen molar-refractivity contribution in [3.8, 4) is 17.3 Å². The fraction of sp³-hybridized carbons (Fsp3) is 0.429. The minimum atomic E-state index is -0.524. The van der Waals surface area contributed by atoms with Gasteiger partial charge in [-0.25, -0.2) is 10.1 Å². The van der Waals surface area contributed by atoms with Gasteiger partial charge >= 0.3 is 0 Å². The summed E-state index contributed by atoms with van der Waals surface area (Å²) >= 11 is 0. The van der Waals surface area contributed by atoms with Gasteiger partial charge in [-0.05, 0) is 48.4 Å². The van der Waals surface area contributed by atoms with Crippen LogP contribution in [0.15, 0.2) is 27.9 Å². The number of nitrogens with two attached hydrogens (primary N) is 1. The van der Waals surface area contributed by atoms with Gasteiger partial charge in [0.2, 0.25) is 11.6 Å². The molecule has 2 aromatic heterocycles. The third-order valence-electron chi connectivity index (χ3n) is 5.55. The molecule has 34 heavy (non-hydrogen) atoms. The lowest BCUT2D eigenvalue weighted by atomic mass is 10.2. The van der Waals surface area contributed by atoms with Crippen LogP contribution in [0.2, 0.25) is 0 Å². The van der Waals surface area contributed by atoms with Crippen molar-refractivity contribution in [3.05, 3.63) is 35.2 Å². The Morgan fingerprint density at radius 3 is 2.68 bits per heavy atom. The number of hydrazone groups is 1. The topological polar surface area (TPSA) is 159 Å². The van der Waals surface area contributed by atoms with Gasteiger partial charge in [-0.1, -0.05) is 24.1 Å². The third-order valence-corrected chi connectivity index (χ3v) is 5.55. The van der Waals surface area contributed by atoms with Gasteiger partial charge < -0.3 is 15.2 Å². The number of para-hydroxylation sites is 1. The Balaban J connectivity index is 1.58. The van der Waals surface area contributed by atoms with E-state index in [0.29, 0.717) is 29.3 Å². The van der Waals surface area contributed by atoms with E-state index in [1.165, 1.54) is 30.8 Å². The lowest BCUT2D eigenvalue weighted by Gasteiger charge is -2.20. The van der Waals surface area contributed by atoms with Crippen LogP contribution in [-0.2, 0) is 6.54 Å². The number of nitrogens with one attached hydrogen (secondary N) is 1. The normalized spacial score (nSPS) is 14.8. The number of likely N-dealkylation sites (tertiary alicyclic amines) is 1. The number of benzene rings is 1. The van der Waals surface area contributed by atoms with E-state index in [1.807, 2.05) is 0 Å². The second kappa shape index (κ2) is 10.7. The zero-order chi connectivity index (χ0) is 23.9. The first-order valence-corrected chi connectivity index (χ1v) is 10.9. The number of hydrogen-bond acceptors (Lipinski definition) is 11. The van der Waals surface area contributed by atoms with Crippen LogP contribution in [0, 0.1) is 0 Å². The minimum Gasteiger partial charge on any atom is -0.493 e. The van der Waals surface area contributed by atoms with Gasteiger partial charge in [-0.3, -0.25) is 9.69 Å². The molecule has 0 unspecified atom stereocenters. The van der Waals surface area contributed by atoms with Gasteiger partial charge in [0.1, 0.15) is 0 Å². The Hall–Kier alpha value is -4.00. The van der Waals surface area contributed by atoms with Crippen molar-refractivity contribution in [2.45, 2.75) is 32.2 Å². The summed E-state index contributed by atoms with van der Waals surface area (Å²) in [5.74, 6) is 0.770. The molecule has 0 atom stereocenters. The molecule has 1 aromatic carbocycles. The molecule has 0 aliphatic carbocycles. The number of hydrogen-bond donors (Lipinski definition) is 2. The average Bonchev–Trinajstić information content (AvgIpc) is 3.36. The number of anilines is 1. The van der Waals surface area contributed by atoms with Crippen molar-refractivity contribution in [2.24, 2.45) is 5.10 Å². The van der Waals surface area contributed by atoms with Crippen LogP contribution in [-0.4, -0.2) is 69.6 Å². The number of ether oxygens (including phenoxy) is 2. The number of rotatable bonds is 8. The quantitative estimate of drug-likeness (QED) is 0.364. The second-order valence-electron chi connectivity index (χ2n) is 7.74. The summed E-state index contributed by atoms with van der Waals surface area (Å²) in [6, 6.07) is 5.36. The lowest BCUT2D eigenvalue weighted by Crippen LogP contribution is -2.28. The average molecular weight is 470 g/mol. The Kier molecular flexibility index (Phi) is 7.32. The van der Waals surface area contributed by atoms with Gasteiger partial charge in [0.25, 0.3) is 5.91 Å². The molecule has 0 radical (unpaired) electrons. The molecule has 3 heterocycles. The molecular weight excluding hydrogens is 442 g/mol. The van der Waals surface area contributed by atoms with E-state index in [1.54, 1.807) is 25.3 Å². The molecule has 0 saturated carbocycles. The van der Waals surface area contributed by atoms with E-state index < -0.39 is 5.91 Å². The largest absolute Gasteiger partial charge is 0.493 e. The molecule has 1 fully saturated rings. The number of aromatic nitrogens is 5. The summed E-state index contributed by atoms with van der Waals surface area (Å²) in [6.07, 6.45) is 6.01. The first kappa shape index (κ1) is 23.2. The van der Waals surface area contributed by atoms with Crippen molar-refractivity contribution < 1.29 is 18.9 Å². The molecule has 0 bridgehead atoms. The van der Waals surface area contributed by atoms with Crippen molar-refractivity contribution in [1.29, 1.82) is 0 Å². The maximum Gasteiger partial charge on any atom is 0.293 e. The number of carbonyl (C=O) groups is 1. The van der Waals surface area contributed by atoms with Crippen molar-refractivity contribution in [3.63, 3.8) is 0 Å². The van der Waals surface area contributed by atoms with Crippen LogP contribution in [0.3, 0.4) is 0 Å². The SMILES string of the molecule is COc1cccc(C=NNC(=O)c2nnn(-c3nonc3N)c2CN2CCCCCC2)c1OC. The molecule has 1 aliphatic rings. The highest BCUT2D eigenvalue weighted by molar-refractivity contribution is 5.94. The fourth-order valence-corrected chi connectivity index (χ4v) is 3.86. The molecule has 0 spiro atoms. The number of methoxy groups -OCH3 is 2. The highest BCUT2D eigenvalue weighted by Gasteiger charge is 2.25. The van der Waals surface area contributed by atoms with Crippen LogP contribution < -0.4 is 20.6 Å². The lowest BCUT2D eigenvalue weighted by molar-refractivity contribution is 0.0947. The Bertz CT molecular complexity index is 1150. The number of nitrogen functional groups attached to an aromatic ring is 1. The maximum atomic E-state index is 13.0. The summed E-state index contributed by atoms with van der Waals surface area (Å²) in [5, 5.41) is 19.7. The monoisotopic (exact) mass is 469 g/mol. The first-order valence-electron chi connectivity index (χ1n) is 10.9. The van der Waals surface area contributed by atoms with Crippen LogP contribution >= 0.6 is 0 Å². The Morgan fingerprint density at radius 1 is 1.21 bits per heavy atom. The number of carbonyl (C=O) groups excluding carboxylic acids is 1. The Morgan fingerprint density at radius 2 is 2.00 bits per heavy atom. The van der Waals surface area contributed by atoms with Crippen LogP contribution in [0.25, 0.3) is 5.82 Å². The van der Waals surface area contributed by atoms with Crippen LogP contribution in [0.4, 0.5) is 5.82 Å². The molecule has 13 nitrogen and oxygen atoms in total. The summed E-state index contributed by atoms with van der Waals surface area (Å²) in [6.45, 7) is 2.26. The van der Waals surface area contributed by atoms with E-state index in [0.717, 1.165) is 25.9 Å². The molecule has 3 aromatic rings. The molecule has 4 rings (SSSR count). The molecule has 3 N–H and O–H groups in total. The smallest absolute Gasteiger partial charge is 0.293 e. The van der Waals surface area contributed by atoms with Gasteiger partial charge in [0.05, 0.1) is 26.1 Å². The highest BCUT2D eigenvalue weighted by Crippen LogP contribution is 2.29. The predicted molar refractivity (Wildman–Crippen MR) is 122 cm³/mol. The molecule has 180 valence electrons. The Labute approximate surface area is 195 Å². The van der Waals surface area contributed by atoms with E-state index in [9.17, 15) is 4.79 Å². The zero-order valence-electron chi connectivity index (χ0n) is 19.1. The van der Waals surface area contributed by atoms with Crippen LogP contribution in [0.5, 0.6) is 11.5 Å². The summed E-state index contributed by atoms with van der Waals surface area (Å²) in [4.78, 5) is 15.3. The molecule has 1 amide bonds. The molecule has 1 saturated heterocycles. The van der Waals surface area contributed by atoms with Crippen molar-refractivity contribution in [2.75, 3.05) is 33.0 Å². The van der Waals surface area contributed by atoms with E-state index >= 15 is 0 Å². The van der Waals surface area contributed by atoms with Crippen molar-refractivity contribution in [1.82, 2.24) is 35.6 Å². The van der Waals surface area contributed by atoms with Gasteiger partial charge in [0, 0.05) is 12.1 Å². The fourth-order valence-electron chi connectivity index (χ4n) is 3.86. The van der Waals surface area contributed by atoms with Gasteiger partial charge in [-0.15, -0.1) is 5.10 Å². The van der Waals surface area contributed by atoms with E-state index in [-0.39, 0.29) is 17.3 Å². The summed E-state index contributed by atoms with van der Waals surface area (Å²) in [5.41, 5.74) is 9.65. The molecule has 13 heteroatoms. The third kappa shape index (κ3) is 4.98. The minimum absolute atomic E-state index is 0.0529. The van der Waals surface area contributed by atoms with Crippen LogP contribution in [0.1, 0.15) is 47.4 Å². The second-order valence-corrected chi connectivity index (χ2v) is 7.74. The maximum absolute atomic E-state index is 13.0. The number of nitrogens with zero attached hydrogens (tertiary/aromatic N) is 7. The van der Waals surface area contributed by atoms with Gasteiger partial charge in [0.15, 0.2) is 17.2 Å². The molecular formula is C21H27N9O4. The number of amides is 1. The first-order chi connectivity index (χ1) is 16.6.